The van der Waals surface area contributed by atoms with Crippen molar-refractivity contribution in [3.05, 3.63) is 23.4 Å². The molecule has 0 saturated heterocycles. The number of hydrogen-bond acceptors (Lipinski definition) is 3. The molecular weight excluding hydrogens is 246 g/mol. The van der Waals surface area contributed by atoms with Crippen molar-refractivity contribution in [1.82, 2.24) is 10.3 Å². The van der Waals surface area contributed by atoms with Crippen molar-refractivity contribution in [1.29, 1.82) is 0 Å². The second-order valence-electron chi connectivity index (χ2n) is 6.76. The summed E-state index contributed by atoms with van der Waals surface area (Å²) in [7, 11) is 0. The standard InChI is InChI=1S/C17H27N3/c1-12(2)20(11-14-4-5-14)17-9-6-15(13(3)19-17)10-18-16-7-8-16/h6,9,12,14,16,18H,4-5,7-8,10-11H2,1-3H3. The minimum Gasteiger partial charge on any atom is -0.354 e. The Labute approximate surface area is 122 Å². The number of nitrogens with zero attached hydrogens (tertiary/aromatic N) is 2. The van der Waals surface area contributed by atoms with Crippen LogP contribution in [0.5, 0.6) is 0 Å². The molecule has 1 heterocycles. The Morgan fingerprint density at radius 3 is 2.55 bits per heavy atom. The van der Waals surface area contributed by atoms with E-state index in [2.05, 4.69) is 43.1 Å². The maximum absolute atomic E-state index is 4.86. The monoisotopic (exact) mass is 273 g/mol. The average Bonchev–Trinajstić information content (AvgIpc) is 3.28. The van der Waals surface area contributed by atoms with Gasteiger partial charge in [0.1, 0.15) is 5.82 Å². The fourth-order valence-corrected chi connectivity index (χ4v) is 2.61. The molecule has 1 N–H and O–H groups in total. The zero-order valence-corrected chi connectivity index (χ0v) is 13.0. The molecule has 0 bridgehead atoms. The molecule has 0 amide bonds. The molecule has 110 valence electrons. The lowest BCUT2D eigenvalue weighted by molar-refractivity contribution is 0.633. The summed E-state index contributed by atoms with van der Waals surface area (Å²) in [6.07, 6.45) is 5.47. The molecule has 2 aliphatic rings. The van der Waals surface area contributed by atoms with Crippen LogP contribution in [-0.4, -0.2) is 23.6 Å². The Hall–Kier alpha value is -1.09. The van der Waals surface area contributed by atoms with E-state index in [1.807, 2.05) is 0 Å². The lowest BCUT2D eigenvalue weighted by atomic mass is 10.2. The number of rotatable bonds is 7. The van der Waals surface area contributed by atoms with E-state index < -0.39 is 0 Å². The molecule has 2 aliphatic carbocycles. The van der Waals surface area contributed by atoms with Gasteiger partial charge in [-0.05, 0) is 64.0 Å². The van der Waals surface area contributed by atoms with Crippen molar-refractivity contribution in [2.45, 2.75) is 65.1 Å². The molecule has 20 heavy (non-hydrogen) atoms. The number of nitrogens with one attached hydrogen (secondary N) is 1. The Morgan fingerprint density at radius 2 is 2.00 bits per heavy atom. The number of anilines is 1. The quantitative estimate of drug-likeness (QED) is 0.826. The molecule has 0 aliphatic heterocycles. The molecule has 3 nitrogen and oxygen atoms in total. The maximum atomic E-state index is 4.86. The van der Waals surface area contributed by atoms with Crippen LogP contribution < -0.4 is 10.2 Å². The Kier molecular flexibility index (Phi) is 3.97. The Bertz CT molecular complexity index is 461. The molecule has 0 radical (unpaired) electrons. The summed E-state index contributed by atoms with van der Waals surface area (Å²) < 4.78 is 0. The molecule has 0 aromatic carbocycles. The largest absolute Gasteiger partial charge is 0.354 e. The molecule has 3 heteroatoms. The van der Waals surface area contributed by atoms with Gasteiger partial charge in [0, 0.05) is 30.9 Å². The second kappa shape index (κ2) is 5.72. The topological polar surface area (TPSA) is 28.2 Å². The summed E-state index contributed by atoms with van der Waals surface area (Å²) in [4.78, 5) is 7.32. The highest BCUT2D eigenvalue weighted by molar-refractivity contribution is 5.43. The Balaban J connectivity index is 1.69. The van der Waals surface area contributed by atoms with Gasteiger partial charge < -0.3 is 10.2 Å². The molecule has 0 spiro atoms. The maximum Gasteiger partial charge on any atom is 0.129 e. The van der Waals surface area contributed by atoms with Gasteiger partial charge in [0.2, 0.25) is 0 Å². The molecular formula is C17H27N3. The van der Waals surface area contributed by atoms with Gasteiger partial charge >= 0.3 is 0 Å². The summed E-state index contributed by atoms with van der Waals surface area (Å²) in [6.45, 7) is 8.81. The van der Waals surface area contributed by atoms with E-state index in [4.69, 9.17) is 4.98 Å². The van der Waals surface area contributed by atoms with E-state index in [0.717, 1.165) is 24.3 Å². The van der Waals surface area contributed by atoms with Gasteiger partial charge in [-0.2, -0.15) is 0 Å². The van der Waals surface area contributed by atoms with Gasteiger partial charge in [0.25, 0.3) is 0 Å². The summed E-state index contributed by atoms with van der Waals surface area (Å²) >= 11 is 0. The molecule has 0 unspecified atom stereocenters. The van der Waals surface area contributed by atoms with Crippen LogP contribution in [0, 0.1) is 12.8 Å². The van der Waals surface area contributed by atoms with Crippen molar-refractivity contribution in [2.24, 2.45) is 5.92 Å². The van der Waals surface area contributed by atoms with Crippen LogP contribution in [0.1, 0.15) is 50.8 Å². The van der Waals surface area contributed by atoms with Gasteiger partial charge in [-0.3, -0.25) is 0 Å². The summed E-state index contributed by atoms with van der Waals surface area (Å²) in [5.41, 5.74) is 2.52. The third-order valence-electron chi connectivity index (χ3n) is 4.41. The smallest absolute Gasteiger partial charge is 0.129 e. The SMILES string of the molecule is Cc1nc(N(CC2CC2)C(C)C)ccc1CNC1CC1. The van der Waals surface area contributed by atoms with Crippen molar-refractivity contribution in [2.75, 3.05) is 11.4 Å². The van der Waals surface area contributed by atoms with E-state index >= 15 is 0 Å². The van der Waals surface area contributed by atoms with Crippen LogP contribution in [0.2, 0.25) is 0 Å². The van der Waals surface area contributed by atoms with E-state index in [0.29, 0.717) is 6.04 Å². The fraction of sp³-hybridized carbons (Fsp3) is 0.706. The third kappa shape index (κ3) is 3.51. The zero-order valence-electron chi connectivity index (χ0n) is 13.0. The fourth-order valence-electron chi connectivity index (χ4n) is 2.61. The molecule has 2 saturated carbocycles. The molecule has 1 aromatic heterocycles. The minimum absolute atomic E-state index is 0.526. The normalized spacial score (nSPS) is 18.6. The molecule has 2 fully saturated rings. The van der Waals surface area contributed by atoms with Crippen molar-refractivity contribution < 1.29 is 0 Å². The van der Waals surface area contributed by atoms with Crippen molar-refractivity contribution >= 4 is 5.82 Å². The van der Waals surface area contributed by atoms with Gasteiger partial charge in [0.05, 0.1) is 0 Å². The number of aromatic nitrogens is 1. The van der Waals surface area contributed by atoms with Crippen molar-refractivity contribution in [3.8, 4) is 0 Å². The lowest BCUT2D eigenvalue weighted by Crippen LogP contribution is -2.33. The van der Waals surface area contributed by atoms with Crippen LogP contribution in [0.15, 0.2) is 12.1 Å². The van der Waals surface area contributed by atoms with Crippen LogP contribution in [0.4, 0.5) is 5.82 Å². The average molecular weight is 273 g/mol. The number of hydrogen-bond donors (Lipinski definition) is 1. The first-order chi connectivity index (χ1) is 9.63. The van der Waals surface area contributed by atoms with Crippen molar-refractivity contribution in [3.63, 3.8) is 0 Å². The van der Waals surface area contributed by atoms with Crippen LogP contribution >= 0.6 is 0 Å². The Morgan fingerprint density at radius 1 is 1.25 bits per heavy atom. The minimum atomic E-state index is 0.526. The third-order valence-corrected chi connectivity index (χ3v) is 4.41. The number of pyridine rings is 1. The van der Waals surface area contributed by atoms with Crippen LogP contribution in [0.3, 0.4) is 0 Å². The first-order valence-electron chi connectivity index (χ1n) is 8.10. The highest BCUT2D eigenvalue weighted by Crippen LogP contribution is 2.32. The second-order valence-corrected chi connectivity index (χ2v) is 6.76. The van der Waals surface area contributed by atoms with Gasteiger partial charge in [-0.1, -0.05) is 6.07 Å². The number of aryl methyl sites for hydroxylation is 1. The van der Waals surface area contributed by atoms with E-state index in [-0.39, 0.29) is 0 Å². The summed E-state index contributed by atoms with van der Waals surface area (Å²) in [6, 6.07) is 5.75. The van der Waals surface area contributed by atoms with E-state index in [9.17, 15) is 0 Å². The van der Waals surface area contributed by atoms with E-state index in [1.165, 1.54) is 43.5 Å². The van der Waals surface area contributed by atoms with Gasteiger partial charge in [-0.15, -0.1) is 0 Å². The lowest BCUT2D eigenvalue weighted by Gasteiger charge is -2.28. The summed E-state index contributed by atoms with van der Waals surface area (Å²) in [5, 5.41) is 3.57. The predicted octanol–water partition coefficient (Wildman–Crippen LogP) is 3.27. The summed E-state index contributed by atoms with van der Waals surface area (Å²) in [5.74, 6) is 2.05. The van der Waals surface area contributed by atoms with Gasteiger partial charge in [0.15, 0.2) is 0 Å². The highest BCUT2D eigenvalue weighted by atomic mass is 15.2. The molecule has 3 rings (SSSR count). The van der Waals surface area contributed by atoms with E-state index in [1.54, 1.807) is 0 Å². The van der Waals surface area contributed by atoms with Crippen LogP contribution in [-0.2, 0) is 6.54 Å². The molecule has 1 aromatic rings. The van der Waals surface area contributed by atoms with Crippen LogP contribution in [0.25, 0.3) is 0 Å². The zero-order chi connectivity index (χ0) is 14.1. The molecule has 0 atom stereocenters. The highest BCUT2D eigenvalue weighted by Gasteiger charge is 2.26. The predicted molar refractivity (Wildman–Crippen MR) is 84.0 cm³/mol. The van der Waals surface area contributed by atoms with Gasteiger partial charge in [-0.25, -0.2) is 4.98 Å². The first-order valence-corrected chi connectivity index (χ1v) is 8.10. The first kappa shape index (κ1) is 13.9.